The molecule has 7 heteroatoms. The monoisotopic (exact) mass is 381 g/mol. The fourth-order valence-electron chi connectivity index (χ4n) is 3.26. The highest BCUT2D eigenvalue weighted by molar-refractivity contribution is 7.19. The Labute approximate surface area is 160 Å². The minimum absolute atomic E-state index is 0.168. The van der Waals surface area contributed by atoms with Gasteiger partial charge in [-0.15, -0.1) is 11.3 Å². The van der Waals surface area contributed by atoms with Crippen LogP contribution in [-0.2, 0) is 6.54 Å². The van der Waals surface area contributed by atoms with Crippen LogP contribution in [0.1, 0.15) is 10.6 Å². The lowest BCUT2D eigenvalue weighted by Gasteiger charge is -2.21. The van der Waals surface area contributed by atoms with Crippen molar-refractivity contribution in [1.82, 2.24) is 9.88 Å². The lowest BCUT2D eigenvalue weighted by molar-refractivity contribution is 0.330. The van der Waals surface area contributed by atoms with E-state index >= 15 is 0 Å². The van der Waals surface area contributed by atoms with E-state index in [1.807, 2.05) is 42.5 Å². The molecule has 0 radical (unpaired) electrons. The smallest absolute Gasteiger partial charge is 0.165 e. The number of aromatic nitrogens is 1. The van der Waals surface area contributed by atoms with E-state index in [2.05, 4.69) is 4.98 Å². The number of amidine groups is 1. The highest BCUT2D eigenvalue weighted by Gasteiger charge is 2.31. The largest absolute Gasteiger partial charge is 0.510 e. The number of hydrogen-bond acceptors (Lipinski definition) is 6. The highest BCUT2D eigenvalue weighted by Crippen LogP contribution is 2.36. The number of aliphatic hydroxyl groups excluding tert-OH is 1. The van der Waals surface area contributed by atoms with Crippen molar-refractivity contribution in [3.63, 3.8) is 0 Å². The second kappa shape index (κ2) is 6.92. The van der Waals surface area contributed by atoms with E-state index in [0.29, 0.717) is 28.6 Å². The van der Waals surface area contributed by atoms with Crippen molar-refractivity contribution in [3.05, 3.63) is 58.8 Å². The van der Waals surface area contributed by atoms with Crippen LogP contribution in [0.15, 0.2) is 48.2 Å². The van der Waals surface area contributed by atoms with Crippen LogP contribution in [0.4, 0.5) is 0 Å². The van der Waals surface area contributed by atoms with Crippen LogP contribution in [-0.4, -0.2) is 41.6 Å². The summed E-state index contributed by atoms with van der Waals surface area (Å²) in [5.74, 6) is 1.71. The Hall–Kier alpha value is -3.06. The molecule has 1 aromatic heterocycles. The van der Waals surface area contributed by atoms with E-state index in [1.165, 1.54) is 11.3 Å². The number of rotatable bonds is 5. The third-order valence-corrected chi connectivity index (χ3v) is 5.59. The van der Waals surface area contributed by atoms with E-state index < -0.39 is 0 Å². The first-order valence-electron chi connectivity index (χ1n) is 8.44. The lowest BCUT2D eigenvalue weighted by Crippen LogP contribution is -2.26. The van der Waals surface area contributed by atoms with Crippen molar-refractivity contribution >= 4 is 33.0 Å². The first-order chi connectivity index (χ1) is 13.1. The summed E-state index contributed by atoms with van der Waals surface area (Å²) in [6.07, 6.45) is 0. The summed E-state index contributed by atoms with van der Waals surface area (Å²) in [7, 11) is 3.19. The van der Waals surface area contributed by atoms with Gasteiger partial charge in [0.05, 0.1) is 36.6 Å². The zero-order valence-corrected chi connectivity index (χ0v) is 15.8. The molecule has 0 saturated heterocycles. The summed E-state index contributed by atoms with van der Waals surface area (Å²) in [5, 5.41) is 19.8. The molecule has 6 nitrogen and oxygen atoms in total. The average Bonchev–Trinajstić information content (AvgIpc) is 3.21. The number of methoxy groups -OCH3 is 2. The van der Waals surface area contributed by atoms with Crippen LogP contribution in [0, 0.1) is 5.41 Å². The van der Waals surface area contributed by atoms with Gasteiger partial charge >= 0.3 is 0 Å². The Morgan fingerprint density at radius 2 is 1.96 bits per heavy atom. The molecule has 0 fully saturated rings. The van der Waals surface area contributed by atoms with Crippen molar-refractivity contribution in [2.45, 2.75) is 6.54 Å². The van der Waals surface area contributed by atoms with Crippen molar-refractivity contribution in [1.29, 1.82) is 5.41 Å². The summed E-state index contributed by atoms with van der Waals surface area (Å²) in [6, 6.07) is 13.5. The van der Waals surface area contributed by atoms with Gasteiger partial charge in [-0.1, -0.05) is 24.3 Å². The fourth-order valence-corrected chi connectivity index (χ4v) is 4.29. The van der Waals surface area contributed by atoms with E-state index in [0.717, 1.165) is 15.8 Å². The molecule has 1 aliphatic heterocycles. The van der Waals surface area contributed by atoms with Gasteiger partial charge in [0, 0.05) is 12.1 Å². The molecule has 1 aliphatic rings. The molecule has 4 rings (SSSR count). The normalized spacial score (nSPS) is 14.3. The lowest BCUT2D eigenvalue weighted by atomic mass is 10.1. The predicted molar refractivity (Wildman–Crippen MR) is 107 cm³/mol. The Morgan fingerprint density at radius 1 is 1.15 bits per heavy atom. The maximum Gasteiger partial charge on any atom is 0.165 e. The second-order valence-corrected chi connectivity index (χ2v) is 7.20. The van der Waals surface area contributed by atoms with Crippen LogP contribution >= 0.6 is 11.3 Å². The van der Waals surface area contributed by atoms with E-state index in [9.17, 15) is 5.11 Å². The summed E-state index contributed by atoms with van der Waals surface area (Å²) >= 11 is 1.48. The summed E-state index contributed by atoms with van der Waals surface area (Å²) in [6.45, 7) is 0.697. The van der Waals surface area contributed by atoms with E-state index in [-0.39, 0.29) is 18.1 Å². The number of thiazole rings is 1. The van der Waals surface area contributed by atoms with Gasteiger partial charge in [0.1, 0.15) is 16.6 Å². The van der Waals surface area contributed by atoms with Gasteiger partial charge in [-0.3, -0.25) is 5.41 Å². The zero-order valence-electron chi connectivity index (χ0n) is 15.0. The first-order valence-corrected chi connectivity index (χ1v) is 9.25. The molecule has 3 aromatic rings. The Morgan fingerprint density at radius 3 is 2.70 bits per heavy atom. The van der Waals surface area contributed by atoms with Gasteiger partial charge in [0.25, 0.3) is 0 Å². The first kappa shape index (κ1) is 17.4. The quantitative estimate of drug-likeness (QED) is 0.696. The Kier molecular flexibility index (Phi) is 4.45. The number of para-hydroxylation sites is 2. The third kappa shape index (κ3) is 3.00. The van der Waals surface area contributed by atoms with Crippen molar-refractivity contribution in [2.75, 3.05) is 20.8 Å². The number of benzene rings is 2. The third-order valence-electron chi connectivity index (χ3n) is 4.54. The van der Waals surface area contributed by atoms with Crippen molar-refractivity contribution in [2.24, 2.45) is 0 Å². The van der Waals surface area contributed by atoms with Gasteiger partial charge in [-0.25, -0.2) is 4.98 Å². The summed E-state index contributed by atoms with van der Waals surface area (Å²) in [5.41, 5.74) is 2.26. The van der Waals surface area contributed by atoms with Crippen LogP contribution in [0.25, 0.3) is 15.8 Å². The van der Waals surface area contributed by atoms with Crippen molar-refractivity contribution in [3.8, 4) is 11.5 Å². The van der Waals surface area contributed by atoms with Crippen LogP contribution in [0.2, 0.25) is 0 Å². The maximum absolute atomic E-state index is 10.5. The second-order valence-electron chi connectivity index (χ2n) is 6.17. The van der Waals surface area contributed by atoms with E-state index in [1.54, 1.807) is 19.1 Å². The number of nitrogens with one attached hydrogen (secondary N) is 1. The molecule has 0 spiro atoms. The maximum atomic E-state index is 10.5. The SMILES string of the molecule is COc1cccc(CN2CC(O)=C(c3nc4ccccc4s3)C2=N)c1OC. The minimum Gasteiger partial charge on any atom is -0.510 e. The molecule has 2 heterocycles. The average molecular weight is 381 g/mol. The zero-order chi connectivity index (χ0) is 19.0. The molecule has 0 aliphatic carbocycles. The van der Waals surface area contributed by atoms with Crippen LogP contribution < -0.4 is 9.47 Å². The molecule has 0 amide bonds. The standard InChI is InChI=1S/C20H19N3O3S/c1-25-15-8-5-6-12(18(15)26-2)10-23-11-14(24)17(19(23)21)20-22-13-7-3-4-9-16(13)27-20/h3-9,21,24H,10-11H2,1-2H3. The molecular formula is C20H19N3O3S. The van der Waals surface area contributed by atoms with Gasteiger partial charge in [-0.05, 0) is 18.2 Å². The Bertz CT molecular complexity index is 1020. The van der Waals surface area contributed by atoms with Crippen LogP contribution in [0.5, 0.6) is 11.5 Å². The van der Waals surface area contributed by atoms with E-state index in [4.69, 9.17) is 14.9 Å². The summed E-state index contributed by atoms with van der Waals surface area (Å²) < 4.78 is 11.9. The van der Waals surface area contributed by atoms with Crippen molar-refractivity contribution < 1.29 is 14.6 Å². The molecule has 0 atom stereocenters. The molecule has 27 heavy (non-hydrogen) atoms. The molecule has 2 N–H and O–H groups in total. The number of hydrogen-bond donors (Lipinski definition) is 2. The molecule has 2 aromatic carbocycles. The summed E-state index contributed by atoms with van der Waals surface area (Å²) in [4.78, 5) is 6.39. The Balaban J connectivity index is 1.63. The molecular weight excluding hydrogens is 362 g/mol. The fraction of sp³-hybridized carbons (Fsp3) is 0.200. The molecule has 0 bridgehead atoms. The van der Waals surface area contributed by atoms with Gasteiger partial charge in [0.15, 0.2) is 11.5 Å². The predicted octanol–water partition coefficient (Wildman–Crippen LogP) is 4.08. The molecule has 138 valence electrons. The number of nitrogens with zero attached hydrogens (tertiary/aromatic N) is 2. The number of ether oxygens (including phenoxy) is 2. The number of aliphatic hydroxyl groups is 1. The number of fused-ring (bicyclic) bond motifs is 1. The van der Waals surface area contributed by atoms with Gasteiger partial charge in [0.2, 0.25) is 0 Å². The molecule has 0 saturated carbocycles. The van der Waals surface area contributed by atoms with Gasteiger partial charge < -0.3 is 19.5 Å². The molecule has 0 unspecified atom stereocenters. The minimum atomic E-state index is 0.168. The topological polar surface area (TPSA) is 78.7 Å². The highest BCUT2D eigenvalue weighted by atomic mass is 32.1. The van der Waals surface area contributed by atoms with Crippen LogP contribution in [0.3, 0.4) is 0 Å². The van der Waals surface area contributed by atoms with Gasteiger partial charge in [-0.2, -0.15) is 0 Å².